The maximum absolute atomic E-state index is 5.22. The van der Waals surface area contributed by atoms with E-state index >= 15 is 0 Å². The number of fused-ring (bicyclic) bond motifs is 1. The van der Waals surface area contributed by atoms with E-state index in [0.717, 1.165) is 12.0 Å². The molecule has 1 nitrogen and oxygen atoms in total. The molecule has 0 saturated heterocycles. The fraction of sp³-hybridized carbons (Fsp3) is 0.200. The van der Waals surface area contributed by atoms with Crippen molar-refractivity contribution >= 4 is 11.0 Å². The number of benzene rings is 1. The highest BCUT2D eigenvalue weighted by atomic mass is 16.3. The largest absolute Gasteiger partial charge is 0.464 e. The van der Waals surface area contributed by atoms with Gasteiger partial charge in [0, 0.05) is 5.39 Å². The Labute approximate surface area is 65.6 Å². The topological polar surface area (TPSA) is 13.1 Å². The van der Waals surface area contributed by atoms with Crippen LogP contribution in [0, 0.1) is 0 Å². The average molecular weight is 146 g/mol. The minimum Gasteiger partial charge on any atom is -0.464 e. The minimum atomic E-state index is 0.974. The molecule has 1 heterocycles. The van der Waals surface area contributed by atoms with Crippen molar-refractivity contribution in [3.05, 3.63) is 36.1 Å². The van der Waals surface area contributed by atoms with Gasteiger partial charge in [-0.05, 0) is 30.2 Å². The van der Waals surface area contributed by atoms with Crippen LogP contribution in [0.3, 0.4) is 0 Å². The Bertz CT molecular complexity index is 360. The molecule has 1 heteroatoms. The SMILES string of the molecule is CCc1ccc2occc2c1. The lowest BCUT2D eigenvalue weighted by atomic mass is 10.1. The summed E-state index contributed by atoms with van der Waals surface area (Å²) in [7, 11) is 0. The molecular weight excluding hydrogens is 136 g/mol. The van der Waals surface area contributed by atoms with Crippen LogP contribution >= 0.6 is 0 Å². The summed E-state index contributed by atoms with van der Waals surface area (Å²) < 4.78 is 5.22. The van der Waals surface area contributed by atoms with Crippen molar-refractivity contribution < 1.29 is 4.42 Å². The molecular formula is C10H10O. The van der Waals surface area contributed by atoms with E-state index in [2.05, 4.69) is 19.1 Å². The normalized spacial score (nSPS) is 10.6. The summed E-state index contributed by atoms with van der Waals surface area (Å²) in [6.07, 6.45) is 2.81. The van der Waals surface area contributed by atoms with Crippen LogP contribution in [0.2, 0.25) is 0 Å². The van der Waals surface area contributed by atoms with Gasteiger partial charge in [-0.2, -0.15) is 0 Å². The van der Waals surface area contributed by atoms with Crippen LogP contribution in [0.4, 0.5) is 0 Å². The van der Waals surface area contributed by atoms with E-state index in [-0.39, 0.29) is 0 Å². The second-order valence-electron chi connectivity index (χ2n) is 2.65. The third-order valence-electron chi connectivity index (χ3n) is 1.93. The summed E-state index contributed by atoms with van der Waals surface area (Å²) in [4.78, 5) is 0. The van der Waals surface area contributed by atoms with E-state index in [1.54, 1.807) is 6.26 Å². The van der Waals surface area contributed by atoms with Gasteiger partial charge >= 0.3 is 0 Å². The molecule has 0 spiro atoms. The Morgan fingerprint density at radius 3 is 3.00 bits per heavy atom. The molecule has 0 unspecified atom stereocenters. The fourth-order valence-corrected chi connectivity index (χ4v) is 1.24. The van der Waals surface area contributed by atoms with Crippen molar-refractivity contribution in [2.45, 2.75) is 13.3 Å². The van der Waals surface area contributed by atoms with Crippen LogP contribution in [-0.2, 0) is 6.42 Å². The third kappa shape index (κ3) is 1.03. The van der Waals surface area contributed by atoms with Crippen LogP contribution in [-0.4, -0.2) is 0 Å². The molecule has 0 fully saturated rings. The Kier molecular flexibility index (Phi) is 1.42. The van der Waals surface area contributed by atoms with E-state index in [1.807, 2.05) is 12.1 Å². The predicted octanol–water partition coefficient (Wildman–Crippen LogP) is 3.00. The van der Waals surface area contributed by atoms with Crippen molar-refractivity contribution in [2.24, 2.45) is 0 Å². The molecule has 0 radical (unpaired) electrons. The van der Waals surface area contributed by atoms with Crippen LogP contribution in [0.1, 0.15) is 12.5 Å². The van der Waals surface area contributed by atoms with E-state index in [9.17, 15) is 0 Å². The second kappa shape index (κ2) is 2.42. The zero-order valence-electron chi connectivity index (χ0n) is 6.50. The quantitative estimate of drug-likeness (QED) is 0.602. The first-order chi connectivity index (χ1) is 5.40. The van der Waals surface area contributed by atoms with Gasteiger partial charge in [0.15, 0.2) is 0 Å². The summed E-state index contributed by atoms with van der Waals surface area (Å²) >= 11 is 0. The van der Waals surface area contributed by atoms with Gasteiger partial charge in [0.2, 0.25) is 0 Å². The number of furan rings is 1. The number of rotatable bonds is 1. The maximum atomic E-state index is 5.22. The molecule has 56 valence electrons. The first-order valence-electron chi connectivity index (χ1n) is 3.86. The molecule has 2 aromatic rings. The summed E-state index contributed by atoms with van der Waals surface area (Å²) in [5.74, 6) is 0. The Morgan fingerprint density at radius 2 is 2.18 bits per heavy atom. The van der Waals surface area contributed by atoms with Crippen LogP contribution in [0.5, 0.6) is 0 Å². The smallest absolute Gasteiger partial charge is 0.133 e. The van der Waals surface area contributed by atoms with E-state index in [0.29, 0.717) is 0 Å². The molecule has 11 heavy (non-hydrogen) atoms. The summed E-state index contributed by atoms with van der Waals surface area (Å²) in [5, 5.41) is 1.20. The van der Waals surface area contributed by atoms with Gasteiger partial charge in [0.05, 0.1) is 6.26 Å². The molecule has 0 aliphatic carbocycles. The summed E-state index contributed by atoms with van der Waals surface area (Å²) in [5.41, 5.74) is 2.33. The van der Waals surface area contributed by atoms with Gasteiger partial charge < -0.3 is 4.42 Å². The van der Waals surface area contributed by atoms with Gasteiger partial charge in [0.25, 0.3) is 0 Å². The standard InChI is InChI=1S/C10H10O/c1-2-8-3-4-10-9(7-8)5-6-11-10/h3-7H,2H2,1H3. The number of hydrogen-bond acceptors (Lipinski definition) is 1. The van der Waals surface area contributed by atoms with Crippen molar-refractivity contribution in [3.8, 4) is 0 Å². The van der Waals surface area contributed by atoms with Crippen LogP contribution in [0.25, 0.3) is 11.0 Å². The average Bonchev–Trinajstić information content (AvgIpc) is 2.50. The molecule has 0 atom stereocenters. The van der Waals surface area contributed by atoms with Gasteiger partial charge in [-0.15, -0.1) is 0 Å². The summed E-state index contributed by atoms with van der Waals surface area (Å²) in [6, 6.07) is 8.29. The molecule has 0 aliphatic heterocycles. The minimum absolute atomic E-state index is 0.974. The molecule has 1 aromatic carbocycles. The first-order valence-corrected chi connectivity index (χ1v) is 3.86. The third-order valence-corrected chi connectivity index (χ3v) is 1.93. The number of hydrogen-bond donors (Lipinski definition) is 0. The second-order valence-corrected chi connectivity index (χ2v) is 2.65. The Morgan fingerprint density at radius 1 is 1.27 bits per heavy atom. The number of aryl methyl sites for hydroxylation is 1. The first kappa shape index (κ1) is 6.47. The van der Waals surface area contributed by atoms with Crippen LogP contribution in [0.15, 0.2) is 34.9 Å². The summed E-state index contributed by atoms with van der Waals surface area (Å²) in [6.45, 7) is 2.15. The van der Waals surface area contributed by atoms with E-state index in [4.69, 9.17) is 4.42 Å². The van der Waals surface area contributed by atoms with Crippen molar-refractivity contribution in [2.75, 3.05) is 0 Å². The van der Waals surface area contributed by atoms with Gasteiger partial charge in [-0.3, -0.25) is 0 Å². The zero-order valence-corrected chi connectivity index (χ0v) is 6.50. The zero-order chi connectivity index (χ0) is 7.68. The molecule has 0 bridgehead atoms. The molecule has 0 amide bonds. The monoisotopic (exact) mass is 146 g/mol. The molecule has 0 aliphatic rings. The lowest BCUT2D eigenvalue weighted by Gasteiger charge is -1.93. The van der Waals surface area contributed by atoms with Crippen molar-refractivity contribution in [1.82, 2.24) is 0 Å². The highest BCUT2D eigenvalue weighted by Crippen LogP contribution is 2.16. The fourth-order valence-electron chi connectivity index (χ4n) is 1.24. The van der Waals surface area contributed by atoms with E-state index in [1.165, 1.54) is 10.9 Å². The van der Waals surface area contributed by atoms with Crippen LogP contribution < -0.4 is 0 Å². The lowest BCUT2D eigenvalue weighted by molar-refractivity contribution is 0.616. The van der Waals surface area contributed by atoms with Gasteiger partial charge in [-0.1, -0.05) is 13.0 Å². The van der Waals surface area contributed by atoms with Crippen molar-refractivity contribution in [3.63, 3.8) is 0 Å². The lowest BCUT2D eigenvalue weighted by Crippen LogP contribution is -1.76. The molecule has 0 N–H and O–H groups in total. The predicted molar refractivity (Wildman–Crippen MR) is 45.6 cm³/mol. The van der Waals surface area contributed by atoms with Crippen molar-refractivity contribution in [1.29, 1.82) is 0 Å². The Balaban J connectivity index is 2.67. The van der Waals surface area contributed by atoms with E-state index < -0.39 is 0 Å². The van der Waals surface area contributed by atoms with Gasteiger partial charge in [-0.25, -0.2) is 0 Å². The Hall–Kier alpha value is -1.24. The molecule has 2 rings (SSSR count). The highest BCUT2D eigenvalue weighted by Gasteiger charge is 1.95. The maximum Gasteiger partial charge on any atom is 0.133 e. The highest BCUT2D eigenvalue weighted by molar-refractivity contribution is 5.77. The molecule has 1 aromatic heterocycles. The van der Waals surface area contributed by atoms with Gasteiger partial charge in [0.1, 0.15) is 5.58 Å². The molecule has 0 saturated carbocycles.